The molecule has 1 saturated heterocycles. The van der Waals surface area contributed by atoms with Gasteiger partial charge >= 0.3 is 6.03 Å². The number of rotatable bonds is 4. The highest BCUT2D eigenvalue weighted by molar-refractivity contribution is 5.74. The van der Waals surface area contributed by atoms with Crippen molar-refractivity contribution in [1.29, 1.82) is 0 Å². The van der Waals surface area contributed by atoms with Crippen LogP contribution in [0.2, 0.25) is 0 Å². The van der Waals surface area contributed by atoms with E-state index in [0.29, 0.717) is 12.6 Å². The number of aliphatic hydroxyl groups is 1. The second-order valence-electron chi connectivity index (χ2n) is 5.33. The van der Waals surface area contributed by atoms with Gasteiger partial charge in [-0.05, 0) is 44.9 Å². The molecule has 18 heavy (non-hydrogen) atoms. The lowest BCUT2D eigenvalue weighted by Crippen LogP contribution is -2.44. The lowest BCUT2D eigenvalue weighted by molar-refractivity contribution is 0.104. The molecular weight excluding hydrogens is 232 g/mol. The predicted molar refractivity (Wildman–Crippen MR) is 68.4 cm³/mol. The van der Waals surface area contributed by atoms with Crippen LogP contribution in [0.25, 0.3) is 0 Å². The highest BCUT2D eigenvalue weighted by Crippen LogP contribution is 2.18. The molecular formula is C13H24N2O3. The Hall–Kier alpha value is -0.810. The minimum absolute atomic E-state index is 0.0885. The first-order valence-corrected chi connectivity index (χ1v) is 7.08. The fraction of sp³-hybridized carbons (Fsp3) is 0.923. The van der Waals surface area contributed by atoms with Gasteiger partial charge in [0.2, 0.25) is 0 Å². The molecule has 1 unspecified atom stereocenters. The molecule has 1 aliphatic heterocycles. The first-order valence-electron chi connectivity index (χ1n) is 7.08. The molecule has 5 nitrogen and oxygen atoms in total. The maximum absolute atomic E-state index is 11.6. The van der Waals surface area contributed by atoms with E-state index in [9.17, 15) is 9.90 Å². The lowest BCUT2D eigenvalue weighted by Gasteiger charge is -2.26. The van der Waals surface area contributed by atoms with Gasteiger partial charge in [0.25, 0.3) is 0 Å². The van der Waals surface area contributed by atoms with Crippen molar-refractivity contribution < 1.29 is 14.6 Å². The maximum atomic E-state index is 11.6. The Morgan fingerprint density at radius 3 is 2.67 bits per heavy atom. The summed E-state index contributed by atoms with van der Waals surface area (Å²) >= 11 is 0. The van der Waals surface area contributed by atoms with Gasteiger partial charge in [0.05, 0.1) is 12.2 Å². The number of urea groups is 1. The number of carbonyl (C=O) groups is 1. The van der Waals surface area contributed by atoms with Gasteiger partial charge < -0.3 is 20.5 Å². The molecule has 1 atom stereocenters. The fourth-order valence-corrected chi connectivity index (χ4v) is 2.68. The normalized spacial score (nSPS) is 32.2. The third kappa shape index (κ3) is 4.46. The second-order valence-corrected chi connectivity index (χ2v) is 5.33. The molecule has 0 aromatic carbocycles. The van der Waals surface area contributed by atoms with Crippen LogP contribution in [-0.2, 0) is 4.74 Å². The zero-order valence-corrected chi connectivity index (χ0v) is 10.9. The van der Waals surface area contributed by atoms with E-state index in [2.05, 4.69) is 10.6 Å². The molecule has 2 rings (SSSR count). The standard InChI is InChI=1S/C13H24N2O3/c16-11-5-3-10(4-6-11)15-13(17)14-8-7-12-2-1-9-18-12/h10-12,16H,1-9H2,(H2,14,15,17). The van der Waals surface area contributed by atoms with Crippen molar-refractivity contribution in [1.82, 2.24) is 10.6 Å². The lowest BCUT2D eigenvalue weighted by atomic mass is 9.93. The monoisotopic (exact) mass is 256 g/mol. The minimum Gasteiger partial charge on any atom is -0.393 e. The summed E-state index contributed by atoms with van der Waals surface area (Å²) in [6.45, 7) is 1.53. The van der Waals surface area contributed by atoms with Crippen molar-refractivity contribution in [2.45, 2.75) is 63.2 Å². The molecule has 3 N–H and O–H groups in total. The number of hydrogen-bond acceptors (Lipinski definition) is 3. The van der Waals surface area contributed by atoms with Crippen molar-refractivity contribution in [3.8, 4) is 0 Å². The van der Waals surface area contributed by atoms with Crippen LogP contribution in [0.3, 0.4) is 0 Å². The van der Waals surface area contributed by atoms with Crippen LogP contribution in [0.15, 0.2) is 0 Å². The van der Waals surface area contributed by atoms with E-state index >= 15 is 0 Å². The topological polar surface area (TPSA) is 70.6 Å². The highest BCUT2D eigenvalue weighted by Gasteiger charge is 2.21. The third-order valence-corrected chi connectivity index (χ3v) is 3.81. The third-order valence-electron chi connectivity index (χ3n) is 3.81. The highest BCUT2D eigenvalue weighted by atomic mass is 16.5. The van der Waals surface area contributed by atoms with Gasteiger partial charge in [0.1, 0.15) is 0 Å². The summed E-state index contributed by atoms with van der Waals surface area (Å²) in [4.78, 5) is 11.6. The molecule has 0 spiro atoms. The van der Waals surface area contributed by atoms with Crippen molar-refractivity contribution in [3.05, 3.63) is 0 Å². The molecule has 0 aromatic rings. The molecule has 0 aromatic heterocycles. The van der Waals surface area contributed by atoms with E-state index in [-0.39, 0.29) is 18.2 Å². The molecule has 1 heterocycles. The van der Waals surface area contributed by atoms with E-state index in [1.807, 2.05) is 0 Å². The van der Waals surface area contributed by atoms with E-state index < -0.39 is 0 Å². The molecule has 2 amide bonds. The van der Waals surface area contributed by atoms with Gasteiger partial charge in [-0.15, -0.1) is 0 Å². The van der Waals surface area contributed by atoms with Gasteiger partial charge in [-0.2, -0.15) is 0 Å². The number of nitrogens with one attached hydrogen (secondary N) is 2. The van der Waals surface area contributed by atoms with Gasteiger partial charge in [0, 0.05) is 19.2 Å². The van der Waals surface area contributed by atoms with Crippen molar-refractivity contribution >= 4 is 6.03 Å². The first-order chi connectivity index (χ1) is 8.74. The molecule has 2 aliphatic rings. The molecule has 0 bridgehead atoms. The summed E-state index contributed by atoms with van der Waals surface area (Å²) in [6.07, 6.45) is 6.64. The van der Waals surface area contributed by atoms with Crippen molar-refractivity contribution in [2.75, 3.05) is 13.2 Å². The maximum Gasteiger partial charge on any atom is 0.315 e. The van der Waals surface area contributed by atoms with E-state index in [1.54, 1.807) is 0 Å². The van der Waals surface area contributed by atoms with Gasteiger partial charge in [-0.1, -0.05) is 0 Å². The Kier molecular flexibility index (Phi) is 5.26. The fourth-order valence-electron chi connectivity index (χ4n) is 2.68. The molecule has 1 saturated carbocycles. The summed E-state index contributed by atoms with van der Waals surface area (Å²) in [5.74, 6) is 0. The molecule has 0 radical (unpaired) electrons. The summed E-state index contributed by atoms with van der Waals surface area (Å²) in [5, 5.41) is 15.2. The van der Waals surface area contributed by atoms with Crippen LogP contribution in [0, 0.1) is 0 Å². The zero-order valence-electron chi connectivity index (χ0n) is 10.9. The van der Waals surface area contributed by atoms with Gasteiger partial charge in [-0.3, -0.25) is 0 Å². The quantitative estimate of drug-likeness (QED) is 0.707. The molecule has 104 valence electrons. The number of amides is 2. The minimum atomic E-state index is -0.175. The van der Waals surface area contributed by atoms with E-state index in [0.717, 1.165) is 51.6 Å². The predicted octanol–water partition coefficient (Wildman–Crippen LogP) is 1.16. The van der Waals surface area contributed by atoms with Crippen LogP contribution >= 0.6 is 0 Å². The average Bonchev–Trinajstić information content (AvgIpc) is 2.85. The van der Waals surface area contributed by atoms with Gasteiger partial charge in [-0.25, -0.2) is 4.79 Å². The Balaban J connectivity index is 1.54. The number of hydrogen-bond donors (Lipinski definition) is 3. The summed E-state index contributed by atoms with van der Waals surface area (Å²) in [6, 6.07) is 0.130. The number of ether oxygens (including phenoxy) is 1. The summed E-state index contributed by atoms with van der Waals surface area (Å²) in [7, 11) is 0. The van der Waals surface area contributed by atoms with Crippen molar-refractivity contribution in [2.24, 2.45) is 0 Å². The van der Waals surface area contributed by atoms with E-state index in [1.165, 1.54) is 0 Å². The smallest absolute Gasteiger partial charge is 0.315 e. The van der Waals surface area contributed by atoms with Crippen LogP contribution in [0.4, 0.5) is 4.79 Å². The second kappa shape index (κ2) is 6.95. The number of carbonyl (C=O) groups excluding carboxylic acids is 1. The zero-order chi connectivity index (χ0) is 12.8. The Labute approximate surface area is 108 Å². The van der Waals surface area contributed by atoms with E-state index in [4.69, 9.17) is 4.74 Å². The average molecular weight is 256 g/mol. The SMILES string of the molecule is O=C(NCCC1CCCO1)NC1CCC(O)CC1. The van der Waals surface area contributed by atoms with Crippen LogP contribution in [0.1, 0.15) is 44.9 Å². The van der Waals surface area contributed by atoms with Crippen LogP contribution in [0.5, 0.6) is 0 Å². The Morgan fingerprint density at radius 1 is 1.22 bits per heavy atom. The van der Waals surface area contributed by atoms with Crippen molar-refractivity contribution in [3.63, 3.8) is 0 Å². The summed E-state index contributed by atoms with van der Waals surface area (Å²) < 4.78 is 5.50. The Morgan fingerprint density at radius 2 is 2.00 bits per heavy atom. The molecule has 1 aliphatic carbocycles. The van der Waals surface area contributed by atoms with Crippen LogP contribution < -0.4 is 10.6 Å². The molecule has 5 heteroatoms. The largest absolute Gasteiger partial charge is 0.393 e. The molecule has 2 fully saturated rings. The summed E-state index contributed by atoms with van der Waals surface area (Å²) in [5.41, 5.74) is 0. The Bertz CT molecular complexity index is 259. The van der Waals surface area contributed by atoms with Gasteiger partial charge in [0.15, 0.2) is 0 Å². The number of aliphatic hydroxyl groups excluding tert-OH is 1. The first kappa shape index (κ1) is 13.6. The van der Waals surface area contributed by atoms with Crippen LogP contribution in [-0.4, -0.2) is 42.5 Å².